The highest BCUT2D eigenvalue weighted by atomic mass is 19.4. The molecule has 170 valence electrons. The zero-order valence-electron chi connectivity index (χ0n) is 16.7. The van der Waals surface area contributed by atoms with Gasteiger partial charge in [-0.25, -0.2) is 8.78 Å². The fraction of sp³-hybridized carbons (Fsp3) is 0.381. The predicted molar refractivity (Wildman–Crippen MR) is 96.2 cm³/mol. The summed E-state index contributed by atoms with van der Waals surface area (Å²) < 4.78 is 114. The fourth-order valence-electron chi connectivity index (χ4n) is 3.31. The number of carbonyl (C=O) groups excluding carboxylic acids is 1. The minimum atomic E-state index is -5.20. The van der Waals surface area contributed by atoms with Gasteiger partial charge in [-0.15, -0.1) is 0 Å². The van der Waals surface area contributed by atoms with Gasteiger partial charge in [-0.3, -0.25) is 4.79 Å². The molecule has 0 atom stereocenters. The first-order chi connectivity index (χ1) is 14.2. The minimum absolute atomic E-state index is 0.0262. The van der Waals surface area contributed by atoms with Crippen molar-refractivity contribution in [2.75, 3.05) is 6.61 Å². The number of carbonyl (C=O) groups is 1. The van der Waals surface area contributed by atoms with Gasteiger partial charge in [-0.1, -0.05) is 0 Å². The Bertz CT molecular complexity index is 967. The first kappa shape index (κ1) is 24.6. The third-order valence-corrected chi connectivity index (χ3v) is 4.61. The van der Waals surface area contributed by atoms with E-state index >= 15 is 4.39 Å². The van der Waals surface area contributed by atoms with E-state index in [0.717, 1.165) is 0 Å². The van der Waals surface area contributed by atoms with Crippen molar-refractivity contribution in [1.82, 2.24) is 0 Å². The van der Waals surface area contributed by atoms with Gasteiger partial charge in [-0.05, 0) is 62.1 Å². The predicted octanol–water partition coefficient (Wildman–Crippen LogP) is 6.78. The molecule has 0 N–H and O–H groups in total. The van der Waals surface area contributed by atoms with Crippen LogP contribution in [-0.4, -0.2) is 12.6 Å². The van der Waals surface area contributed by atoms with Gasteiger partial charge >= 0.3 is 18.3 Å². The number of alkyl halides is 6. The summed E-state index contributed by atoms with van der Waals surface area (Å²) in [5.41, 5.74) is -5.00. The molecule has 0 amide bonds. The zero-order valence-corrected chi connectivity index (χ0v) is 16.7. The van der Waals surface area contributed by atoms with Crippen LogP contribution in [-0.2, 0) is 28.3 Å². The lowest BCUT2D eigenvalue weighted by atomic mass is 9.89. The molecule has 2 rings (SSSR count). The monoisotopic (exact) mass is 454 g/mol. The summed E-state index contributed by atoms with van der Waals surface area (Å²) in [6.07, 6.45) is -11.2. The summed E-state index contributed by atoms with van der Waals surface area (Å²) in [6, 6.07) is 1.59. The van der Waals surface area contributed by atoms with Crippen molar-refractivity contribution in [1.29, 1.82) is 0 Å². The smallest absolute Gasteiger partial charge is 0.419 e. The van der Waals surface area contributed by atoms with E-state index in [4.69, 9.17) is 0 Å². The lowest BCUT2D eigenvalue weighted by Crippen LogP contribution is -2.15. The average molecular weight is 454 g/mol. The van der Waals surface area contributed by atoms with Crippen LogP contribution >= 0.6 is 0 Å². The Kier molecular flexibility index (Phi) is 7.02. The largest absolute Gasteiger partial charge is 0.466 e. The van der Waals surface area contributed by atoms with E-state index in [0.29, 0.717) is 12.1 Å². The van der Waals surface area contributed by atoms with E-state index in [1.54, 1.807) is 0 Å². The van der Waals surface area contributed by atoms with Crippen LogP contribution in [0.15, 0.2) is 18.2 Å². The lowest BCUT2D eigenvalue weighted by molar-refractivity contribution is -0.143. The van der Waals surface area contributed by atoms with Gasteiger partial charge in [-0.2, -0.15) is 26.3 Å². The molecule has 0 saturated carbocycles. The molecule has 0 bridgehead atoms. The Labute approximate surface area is 172 Å². The normalized spacial score (nSPS) is 12.2. The van der Waals surface area contributed by atoms with Gasteiger partial charge in [0.2, 0.25) is 0 Å². The summed E-state index contributed by atoms with van der Waals surface area (Å²) >= 11 is 0. The number of rotatable bonds is 5. The van der Waals surface area contributed by atoms with Crippen LogP contribution in [0.25, 0.3) is 11.1 Å². The van der Waals surface area contributed by atoms with E-state index in [1.165, 1.54) is 20.8 Å². The Morgan fingerprint density at radius 2 is 1.45 bits per heavy atom. The van der Waals surface area contributed by atoms with Crippen molar-refractivity contribution in [3.63, 3.8) is 0 Å². The van der Waals surface area contributed by atoms with E-state index < -0.39 is 65.1 Å². The number of halogens is 8. The van der Waals surface area contributed by atoms with Crippen LogP contribution in [0.3, 0.4) is 0 Å². The topological polar surface area (TPSA) is 26.3 Å². The van der Waals surface area contributed by atoms with Gasteiger partial charge in [0, 0.05) is 17.5 Å². The maximum absolute atomic E-state index is 15.1. The van der Waals surface area contributed by atoms with Crippen molar-refractivity contribution in [3.05, 3.63) is 57.7 Å². The summed E-state index contributed by atoms with van der Waals surface area (Å²) in [5.74, 6) is -4.11. The summed E-state index contributed by atoms with van der Waals surface area (Å²) in [4.78, 5) is 11.5. The minimum Gasteiger partial charge on any atom is -0.466 e. The molecule has 2 nitrogen and oxygen atoms in total. The van der Waals surface area contributed by atoms with Gasteiger partial charge in [0.25, 0.3) is 0 Å². The summed E-state index contributed by atoms with van der Waals surface area (Å²) in [7, 11) is 0. The molecule has 2 aromatic carbocycles. The summed E-state index contributed by atoms with van der Waals surface area (Å²) in [5, 5.41) is 0. The van der Waals surface area contributed by atoms with Crippen LogP contribution < -0.4 is 0 Å². The van der Waals surface area contributed by atoms with E-state index in [2.05, 4.69) is 4.74 Å². The Hall–Kier alpha value is -2.65. The third-order valence-electron chi connectivity index (χ3n) is 4.61. The lowest BCUT2D eigenvalue weighted by Gasteiger charge is -2.19. The van der Waals surface area contributed by atoms with Gasteiger partial charge in [0.05, 0.1) is 17.7 Å². The van der Waals surface area contributed by atoms with Gasteiger partial charge in [0.15, 0.2) is 0 Å². The van der Waals surface area contributed by atoms with Crippen molar-refractivity contribution in [2.45, 2.75) is 46.0 Å². The summed E-state index contributed by atoms with van der Waals surface area (Å²) in [6.45, 7) is 3.83. The highest BCUT2D eigenvalue weighted by molar-refractivity contribution is 5.74. The number of hydrogen-bond acceptors (Lipinski definition) is 2. The number of aryl methyl sites for hydroxylation is 2. The van der Waals surface area contributed by atoms with Crippen LogP contribution in [0.4, 0.5) is 35.1 Å². The number of ether oxygens (including phenoxy) is 1. The van der Waals surface area contributed by atoms with E-state index in [1.807, 2.05) is 0 Å². The number of hydrogen-bond donors (Lipinski definition) is 0. The number of benzene rings is 2. The fourth-order valence-corrected chi connectivity index (χ4v) is 3.31. The first-order valence-electron chi connectivity index (χ1n) is 9.11. The maximum atomic E-state index is 15.1. The number of esters is 1. The second-order valence-electron chi connectivity index (χ2n) is 6.86. The Morgan fingerprint density at radius 3 is 1.90 bits per heavy atom. The van der Waals surface area contributed by atoms with Gasteiger partial charge < -0.3 is 4.74 Å². The molecular weight excluding hydrogens is 436 g/mol. The molecule has 0 heterocycles. The van der Waals surface area contributed by atoms with Gasteiger partial charge in [0.1, 0.15) is 11.6 Å². The van der Waals surface area contributed by atoms with Crippen LogP contribution in [0, 0.1) is 25.5 Å². The quantitative estimate of drug-likeness (QED) is 0.368. The molecule has 0 aromatic heterocycles. The molecule has 10 heteroatoms. The van der Waals surface area contributed by atoms with Crippen molar-refractivity contribution < 1.29 is 44.7 Å². The highest BCUT2D eigenvalue weighted by Gasteiger charge is 2.38. The highest BCUT2D eigenvalue weighted by Crippen LogP contribution is 2.41. The molecular formula is C21H18F8O2. The Morgan fingerprint density at radius 1 is 0.903 bits per heavy atom. The standard InChI is InChI=1S/C21H18F8O2/c1-4-31-16(30)6-5-13-18(22)14(9-15(19(13)23)21(27,28)29)17-10(2)7-12(8-11(17)3)20(24,25)26/h7-9H,4-6H2,1-3H3. The SMILES string of the molecule is CCOC(=O)CCc1c(F)c(-c2c(C)cc(C(F)(F)F)cc2C)cc(C(F)(F)F)c1F. The molecule has 31 heavy (non-hydrogen) atoms. The zero-order chi connectivity index (χ0) is 23.7. The van der Waals surface area contributed by atoms with Crippen molar-refractivity contribution in [3.8, 4) is 11.1 Å². The first-order valence-corrected chi connectivity index (χ1v) is 9.11. The van der Waals surface area contributed by atoms with Crippen LogP contribution in [0.5, 0.6) is 0 Å². The molecule has 0 spiro atoms. The van der Waals surface area contributed by atoms with E-state index in [-0.39, 0.29) is 29.4 Å². The molecule has 0 aliphatic carbocycles. The molecule has 0 fully saturated rings. The van der Waals surface area contributed by atoms with E-state index in [9.17, 15) is 35.5 Å². The molecule has 0 saturated heterocycles. The van der Waals surface area contributed by atoms with Crippen molar-refractivity contribution in [2.24, 2.45) is 0 Å². The maximum Gasteiger partial charge on any atom is 0.419 e. The second-order valence-corrected chi connectivity index (χ2v) is 6.86. The molecule has 0 aliphatic rings. The Balaban J connectivity index is 2.74. The van der Waals surface area contributed by atoms with Crippen molar-refractivity contribution >= 4 is 5.97 Å². The molecule has 0 unspecified atom stereocenters. The van der Waals surface area contributed by atoms with Crippen LogP contribution in [0.1, 0.15) is 41.2 Å². The molecule has 2 aromatic rings. The average Bonchev–Trinajstić information content (AvgIpc) is 2.61. The molecule has 0 aliphatic heterocycles. The third kappa shape index (κ3) is 5.34. The van der Waals surface area contributed by atoms with Crippen LogP contribution in [0.2, 0.25) is 0 Å². The second kappa shape index (κ2) is 8.84. The molecule has 0 radical (unpaired) electrons.